The van der Waals surface area contributed by atoms with Crippen molar-refractivity contribution in [2.45, 2.75) is 52.7 Å². The first-order valence-electron chi connectivity index (χ1n) is 7.42. The maximum Gasteiger partial charge on any atom is 0.134 e. The van der Waals surface area contributed by atoms with Crippen LogP contribution in [0.1, 0.15) is 39.0 Å². The van der Waals surface area contributed by atoms with Gasteiger partial charge in [-0.15, -0.1) is 0 Å². The maximum atomic E-state index is 13.3. The summed E-state index contributed by atoms with van der Waals surface area (Å²) < 4.78 is 19.1. The van der Waals surface area contributed by atoms with E-state index < -0.39 is 0 Å². The largest absolute Gasteiger partial charge is 0.459 e. The number of fused-ring (bicyclic) bond motifs is 1. The summed E-state index contributed by atoms with van der Waals surface area (Å²) in [5.41, 5.74) is 1.86. The first-order chi connectivity index (χ1) is 9.76. The highest BCUT2D eigenvalue weighted by atomic mass is 19.1. The molecule has 0 spiro atoms. The van der Waals surface area contributed by atoms with Gasteiger partial charge in [-0.1, -0.05) is 0 Å². The molecule has 0 fully saturated rings. The zero-order valence-electron chi connectivity index (χ0n) is 13.5. The Bertz CT molecular complexity index is 613. The molecule has 0 saturated carbocycles. The third kappa shape index (κ3) is 4.29. The van der Waals surface area contributed by atoms with Crippen LogP contribution in [-0.4, -0.2) is 18.1 Å². The minimum atomic E-state index is -0.228. The van der Waals surface area contributed by atoms with Crippen molar-refractivity contribution in [1.29, 1.82) is 0 Å². The van der Waals surface area contributed by atoms with Crippen molar-refractivity contribution in [3.63, 3.8) is 0 Å². The lowest BCUT2D eigenvalue weighted by atomic mass is 10.1. The van der Waals surface area contributed by atoms with E-state index in [2.05, 4.69) is 38.3 Å². The van der Waals surface area contributed by atoms with Crippen molar-refractivity contribution in [2.75, 3.05) is 6.54 Å². The molecule has 1 heterocycles. The molecule has 2 N–H and O–H groups in total. The zero-order chi connectivity index (χ0) is 15.6. The predicted molar refractivity (Wildman–Crippen MR) is 85.0 cm³/mol. The third-order valence-electron chi connectivity index (χ3n) is 3.55. The van der Waals surface area contributed by atoms with E-state index in [1.807, 2.05) is 6.92 Å². The van der Waals surface area contributed by atoms with Crippen LogP contribution in [0.15, 0.2) is 22.6 Å². The highest BCUT2D eigenvalue weighted by molar-refractivity contribution is 5.82. The number of hydrogen-bond acceptors (Lipinski definition) is 3. The molecule has 1 unspecified atom stereocenters. The number of furan rings is 1. The summed E-state index contributed by atoms with van der Waals surface area (Å²) in [7, 11) is 0. The van der Waals surface area contributed by atoms with Crippen molar-refractivity contribution < 1.29 is 8.81 Å². The van der Waals surface area contributed by atoms with Crippen LogP contribution in [0.5, 0.6) is 0 Å². The summed E-state index contributed by atoms with van der Waals surface area (Å²) >= 11 is 0. The number of rotatable bonds is 5. The Kier molecular flexibility index (Phi) is 4.69. The second-order valence-electron chi connectivity index (χ2n) is 6.70. The fourth-order valence-corrected chi connectivity index (χ4v) is 2.21. The van der Waals surface area contributed by atoms with Gasteiger partial charge in [-0.2, -0.15) is 0 Å². The summed E-state index contributed by atoms with van der Waals surface area (Å²) in [5, 5.41) is 7.76. The van der Waals surface area contributed by atoms with Gasteiger partial charge in [0.15, 0.2) is 0 Å². The predicted octanol–water partition coefficient (Wildman–Crippen LogP) is 3.75. The Balaban J connectivity index is 1.99. The SMILES string of the molecule is Cc1c(CNC(C)CNC(C)(C)C)oc2ccc(F)cc12. The fourth-order valence-electron chi connectivity index (χ4n) is 2.21. The molecule has 0 amide bonds. The van der Waals surface area contributed by atoms with Gasteiger partial charge in [-0.05, 0) is 58.4 Å². The minimum Gasteiger partial charge on any atom is -0.459 e. The normalized spacial score (nSPS) is 13.8. The van der Waals surface area contributed by atoms with Gasteiger partial charge in [-0.3, -0.25) is 0 Å². The van der Waals surface area contributed by atoms with Crippen molar-refractivity contribution in [3.05, 3.63) is 35.3 Å². The van der Waals surface area contributed by atoms with E-state index in [1.165, 1.54) is 12.1 Å². The average molecular weight is 292 g/mol. The first-order valence-corrected chi connectivity index (χ1v) is 7.42. The van der Waals surface area contributed by atoms with Gasteiger partial charge in [0, 0.05) is 23.5 Å². The van der Waals surface area contributed by atoms with E-state index in [9.17, 15) is 4.39 Å². The second kappa shape index (κ2) is 6.16. The molecule has 0 aliphatic carbocycles. The van der Waals surface area contributed by atoms with Crippen molar-refractivity contribution >= 4 is 11.0 Å². The maximum absolute atomic E-state index is 13.3. The monoisotopic (exact) mass is 292 g/mol. The Morgan fingerprint density at radius 2 is 2.00 bits per heavy atom. The third-order valence-corrected chi connectivity index (χ3v) is 3.55. The molecule has 2 rings (SSSR count). The molecule has 21 heavy (non-hydrogen) atoms. The Labute approximate surface area is 125 Å². The molecule has 1 aromatic carbocycles. The number of nitrogens with one attached hydrogen (secondary N) is 2. The summed E-state index contributed by atoms with van der Waals surface area (Å²) in [6.07, 6.45) is 0. The van der Waals surface area contributed by atoms with Gasteiger partial charge in [0.1, 0.15) is 17.2 Å². The molecule has 0 saturated heterocycles. The van der Waals surface area contributed by atoms with Crippen LogP contribution in [0.4, 0.5) is 4.39 Å². The van der Waals surface area contributed by atoms with E-state index in [-0.39, 0.29) is 11.4 Å². The summed E-state index contributed by atoms with van der Waals surface area (Å²) in [6.45, 7) is 12.1. The van der Waals surface area contributed by atoms with E-state index in [0.29, 0.717) is 12.6 Å². The molecule has 116 valence electrons. The van der Waals surface area contributed by atoms with Crippen LogP contribution in [0.3, 0.4) is 0 Å². The molecule has 1 atom stereocenters. The number of halogens is 1. The Hall–Kier alpha value is -1.39. The molecular weight excluding hydrogens is 267 g/mol. The lowest BCUT2D eigenvalue weighted by molar-refractivity contribution is 0.379. The van der Waals surface area contributed by atoms with Crippen molar-refractivity contribution in [3.8, 4) is 0 Å². The summed E-state index contributed by atoms with van der Waals surface area (Å²) in [5.74, 6) is 0.645. The highest BCUT2D eigenvalue weighted by Gasteiger charge is 2.14. The molecule has 0 radical (unpaired) electrons. The van der Waals surface area contributed by atoms with Gasteiger partial charge in [-0.25, -0.2) is 4.39 Å². The minimum absolute atomic E-state index is 0.114. The van der Waals surface area contributed by atoms with E-state index in [0.717, 1.165) is 28.8 Å². The van der Waals surface area contributed by atoms with E-state index >= 15 is 0 Å². The molecule has 1 aromatic heterocycles. The molecule has 4 heteroatoms. The average Bonchev–Trinajstić information content (AvgIpc) is 2.70. The van der Waals surface area contributed by atoms with E-state index in [4.69, 9.17) is 4.42 Å². The van der Waals surface area contributed by atoms with Gasteiger partial charge < -0.3 is 15.1 Å². The number of benzene rings is 1. The standard InChI is InChI=1S/C17H25FN2O/c1-11(9-20-17(3,4)5)19-10-16-12(2)14-8-13(18)6-7-15(14)21-16/h6-8,11,19-20H,9-10H2,1-5H3. The van der Waals surface area contributed by atoms with Crippen molar-refractivity contribution in [2.24, 2.45) is 0 Å². The van der Waals surface area contributed by atoms with Crippen LogP contribution < -0.4 is 10.6 Å². The lowest BCUT2D eigenvalue weighted by Gasteiger charge is -2.23. The van der Waals surface area contributed by atoms with Crippen LogP contribution in [0.25, 0.3) is 11.0 Å². The number of aryl methyl sites for hydroxylation is 1. The smallest absolute Gasteiger partial charge is 0.134 e. The molecular formula is C17H25FN2O. The molecule has 3 nitrogen and oxygen atoms in total. The lowest BCUT2D eigenvalue weighted by Crippen LogP contribution is -2.44. The highest BCUT2D eigenvalue weighted by Crippen LogP contribution is 2.25. The quantitative estimate of drug-likeness (QED) is 0.881. The zero-order valence-corrected chi connectivity index (χ0v) is 13.5. The van der Waals surface area contributed by atoms with Crippen molar-refractivity contribution in [1.82, 2.24) is 10.6 Å². The van der Waals surface area contributed by atoms with Gasteiger partial charge in [0.2, 0.25) is 0 Å². The first kappa shape index (κ1) is 16.0. The van der Waals surface area contributed by atoms with Gasteiger partial charge >= 0.3 is 0 Å². The van der Waals surface area contributed by atoms with Crippen LogP contribution in [0, 0.1) is 12.7 Å². The van der Waals surface area contributed by atoms with Crippen LogP contribution in [-0.2, 0) is 6.54 Å². The Morgan fingerprint density at radius 3 is 2.67 bits per heavy atom. The van der Waals surface area contributed by atoms with E-state index in [1.54, 1.807) is 6.07 Å². The number of hydrogen-bond donors (Lipinski definition) is 2. The molecule has 0 aliphatic rings. The summed E-state index contributed by atoms with van der Waals surface area (Å²) in [6, 6.07) is 4.97. The molecule has 0 aliphatic heterocycles. The fraction of sp³-hybridized carbons (Fsp3) is 0.529. The van der Waals surface area contributed by atoms with Gasteiger partial charge in [0.25, 0.3) is 0 Å². The van der Waals surface area contributed by atoms with Crippen LogP contribution in [0.2, 0.25) is 0 Å². The summed E-state index contributed by atoms with van der Waals surface area (Å²) in [4.78, 5) is 0. The Morgan fingerprint density at radius 1 is 1.29 bits per heavy atom. The molecule has 0 bridgehead atoms. The topological polar surface area (TPSA) is 37.2 Å². The molecule has 2 aromatic rings. The van der Waals surface area contributed by atoms with Crippen LogP contribution >= 0.6 is 0 Å². The second-order valence-corrected chi connectivity index (χ2v) is 6.70. The van der Waals surface area contributed by atoms with Gasteiger partial charge in [0.05, 0.1) is 6.54 Å².